The highest BCUT2D eigenvalue weighted by Crippen LogP contribution is 2.27. The molecule has 1 amide bonds. The van der Waals surface area contributed by atoms with Crippen molar-refractivity contribution in [1.82, 2.24) is 4.90 Å². The highest BCUT2D eigenvalue weighted by atomic mass is 32.2. The Hall–Kier alpha value is -1.75. The minimum atomic E-state index is -0.300. The van der Waals surface area contributed by atoms with Gasteiger partial charge in [-0.2, -0.15) is 0 Å². The molecular weight excluding hydrogens is 260 g/mol. The zero-order valence-electron chi connectivity index (χ0n) is 10.3. The van der Waals surface area contributed by atoms with E-state index in [0.717, 1.165) is 5.56 Å². The number of hydrogen-bond acceptors (Lipinski definition) is 4. The third-order valence-corrected chi connectivity index (χ3v) is 4.15. The Balaban J connectivity index is 1.55. The van der Waals surface area contributed by atoms with Crippen LogP contribution in [0.2, 0.25) is 0 Å². The largest absolute Gasteiger partial charge is 0.444 e. The second-order valence-corrected chi connectivity index (χ2v) is 5.54. The van der Waals surface area contributed by atoms with Gasteiger partial charge in [0.05, 0.1) is 16.8 Å². The molecule has 0 saturated carbocycles. The summed E-state index contributed by atoms with van der Waals surface area (Å²) >= 11 is 1.67. The van der Waals surface area contributed by atoms with Crippen LogP contribution in [0.4, 0.5) is 4.79 Å². The van der Waals surface area contributed by atoms with E-state index in [4.69, 9.17) is 4.74 Å². The van der Waals surface area contributed by atoms with E-state index in [0.29, 0.717) is 18.4 Å². The van der Waals surface area contributed by atoms with Gasteiger partial charge in [-0.25, -0.2) is 4.79 Å². The van der Waals surface area contributed by atoms with Crippen LogP contribution in [-0.4, -0.2) is 34.4 Å². The molecule has 0 bridgehead atoms. The number of ether oxygens (including phenoxy) is 1. The monoisotopic (exact) mass is 274 g/mol. The molecular formula is C14H14N2O2S. The number of carbonyl (C=O) groups excluding carboxylic acids is 1. The molecule has 19 heavy (non-hydrogen) atoms. The summed E-state index contributed by atoms with van der Waals surface area (Å²) in [5.74, 6) is 0. The fraction of sp³-hybridized carbons (Fsp3) is 0.286. The molecule has 4 nitrogen and oxygen atoms in total. The zero-order chi connectivity index (χ0) is 13.1. The van der Waals surface area contributed by atoms with Crippen molar-refractivity contribution in [3.63, 3.8) is 0 Å². The molecule has 0 N–H and O–H groups in total. The lowest BCUT2D eigenvalue weighted by atomic mass is 10.1. The lowest BCUT2D eigenvalue weighted by molar-refractivity contribution is 0.109. The number of amides is 1. The Morgan fingerprint density at radius 2 is 2.26 bits per heavy atom. The molecule has 2 aliphatic heterocycles. The van der Waals surface area contributed by atoms with Crippen LogP contribution in [0.15, 0.2) is 47.6 Å². The van der Waals surface area contributed by atoms with E-state index in [1.165, 1.54) is 0 Å². The molecule has 3 rings (SSSR count). The van der Waals surface area contributed by atoms with E-state index >= 15 is 0 Å². The third kappa shape index (κ3) is 2.81. The zero-order valence-corrected chi connectivity index (χ0v) is 11.1. The first kappa shape index (κ1) is 12.3. The molecule has 2 atom stereocenters. The highest BCUT2D eigenvalue weighted by molar-refractivity contribution is 8.13. The number of nitrogens with zero attached hydrogens (tertiary/aromatic N) is 2. The topological polar surface area (TPSA) is 41.9 Å². The quantitative estimate of drug-likeness (QED) is 0.832. The Morgan fingerprint density at radius 1 is 1.42 bits per heavy atom. The second-order valence-electron chi connectivity index (χ2n) is 4.45. The summed E-state index contributed by atoms with van der Waals surface area (Å²) in [4.78, 5) is 17.9. The van der Waals surface area contributed by atoms with Gasteiger partial charge in [0.25, 0.3) is 0 Å². The summed E-state index contributed by atoms with van der Waals surface area (Å²) in [6.07, 6.45) is 3.43. The minimum absolute atomic E-state index is 0.211. The lowest BCUT2D eigenvalue weighted by Gasteiger charge is -2.27. The number of carbonyl (C=O) groups is 1. The molecule has 2 heterocycles. The van der Waals surface area contributed by atoms with Gasteiger partial charge < -0.3 is 4.74 Å². The number of benzene rings is 1. The van der Waals surface area contributed by atoms with E-state index < -0.39 is 0 Å². The first-order chi connectivity index (χ1) is 9.33. The fourth-order valence-corrected chi connectivity index (χ4v) is 3.00. The predicted octanol–water partition coefficient (Wildman–Crippen LogP) is 2.66. The Kier molecular flexibility index (Phi) is 3.55. The molecule has 2 unspecified atom stereocenters. The van der Waals surface area contributed by atoms with E-state index in [2.05, 4.69) is 4.99 Å². The van der Waals surface area contributed by atoms with Crippen molar-refractivity contribution in [3.05, 3.63) is 48.2 Å². The van der Waals surface area contributed by atoms with Gasteiger partial charge in [0.15, 0.2) is 0 Å². The summed E-state index contributed by atoms with van der Waals surface area (Å²) in [6.45, 7) is 0.960. The van der Waals surface area contributed by atoms with Crippen LogP contribution in [-0.2, 0) is 11.3 Å². The van der Waals surface area contributed by atoms with Crippen molar-refractivity contribution in [1.29, 1.82) is 0 Å². The van der Waals surface area contributed by atoms with Crippen LogP contribution in [0.5, 0.6) is 0 Å². The number of aliphatic imine (C=N–C) groups is 1. The third-order valence-electron chi connectivity index (χ3n) is 3.13. The molecule has 1 aromatic carbocycles. The molecule has 98 valence electrons. The predicted molar refractivity (Wildman–Crippen MR) is 76.1 cm³/mol. The Labute approximate surface area is 116 Å². The average molecular weight is 274 g/mol. The van der Waals surface area contributed by atoms with Crippen molar-refractivity contribution in [2.45, 2.75) is 17.9 Å². The molecule has 5 heteroatoms. The number of fused-ring (bicyclic) bond motifs is 1. The van der Waals surface area contributed by atoms with Gasteiger partial charge in [0.1, 0.15) is 6.61 Å². The second kappa shape index (κ2) is 5.48. The number of thioether (sulfide) groups is 1. The van der Waals surface area contributed by atoms with Crippen LogP contribution >= 0.6 is 11.8 Å². The normalized spacial score (nSPS) is 24.3. The van der Waals surface area contributed by atoms with E-state index in [1.54, 1.807) is 22.9 Å². The molecule has 0 aromatic heterocycles. The maximum Gasteiger partial charge on any atom is 0.414 e. The van der Waals surface area contributed by atoms with Gasteiger partial charge in [0.2, 0.25) is 0 Å². The Bertz CT molecular complexity index is 515. The van der Waals surface area contributed by atoms with Crippen LogP contribution in [0.3, 0.4) is 0 Å². The first-order valence-corrected chi connectivity index (χ1v) is 7.10. The van der Waals surface area contributed by atoms with Gasteiger partial charge in [-0.15, -0.1) is 11.8 Å². The van der Waals surface area contributed by atoms with E-state index in [9.17, 15) is 4.79 Å². The maximum atomic E-state index is 12.0. The summed E-state index contributed by atoms with van der Waals surface area (Å²) in [5, 5.41) is 0.328. The van der Waals surface area contributed by atoms with Gasteiger partial charge in [-0.05, 0) is 11.6 Å². The summed E-state index contributed by atoms with van der Waals surface area (Å²) in [5.41, 5.74) is 2.85. The SMILES string of the molecule is O=C(OCc1ccccc1)N1C=CC2N=CSC2C1. The highest BCUT2D eigenvalue weighted by Gasteiger charge is 2.30. The van der Waals surface area contributed by atoms with Crippen molar-refractivity contribution in [3.8, 4) is 0 Å². The number of hydrogen-bond donors (Lipinski definition) is 0. The van der Waals surface area contributed by atoms with Crippen LogP contribution in [0.25, 0.3) is 0 Å². The molecule has 0 radical (unpaired) electrons. The fourth-order valence-electron chi connectivity index (χ4n) is 2.07. The number of rotatable bonds is 2. The van der Waals surface area contributed by atoms with Crippen molar-refractivity contribution >= 4 is 23.4 Å². The molecule has 0 fully saturated rings. The van der Waals surface area contributed by atoms with Crippen molar-refractivity contribution in [2.24, 2.45) is 4.99 Å². The van der Waals surface area contributed by atoms with E-state index in [1.807, 2.05) is 42.0 Å². The van der Waals surface area contributed by atoms with Gasteiger partial charge in [-0.3, -0.25) is 9.89 Å². The maximum absolute atomic E-state index is 12.0. The summed E-state index contributed by atoms with van der Waals surface area (Å²) in [6, 6.07) is 9.90. The van der Waals surface area contributed by atoms with Gasteiger partial charge in [0, 0.05) is 12.7 Å². The molecule has 1 aromatic rings. The van der Waals surface area contributed by atoms with Gasteiger partial charge in [-0.1, -0.05) is 30.3 Å². The van der Waals surface area contributed by atoms with E-state index in [-0.39, 0.29) is 12.1 Å². The van der Waals surface area contributed by atoms with Crippen LogP contribution < -0.4 is 0 Å². The Morgan fingerprint density at radius 3 is 3.11 bits per heavy atom. The minimum Gasteiger partial charge on any atom is -0.444 e. The summed E-state index contributed by atoms with van der Waals surface area (Å²) in [7, 11) is 0. The first-order valence-electron chi connectivity index (χ1n) is 6.16. The molecule has 2 aliphatic rings. The summed E-state index contributed by atoms with van der Waals surface area (Å²) < 4.78 is 5.30. The molecule has 0 aliphatic carbocycles. The lowest BCUT2D eigenvalue weighted by Crippen LogP contribution is -2.39. The van der Waals surface area contributed by atoms with Gasteiger partial charge >= 0.3 is 6.09 Å². The smallest absolute Gasteiger partial charge is 0.414 e. The molecule has 0 spiro atoms. The molecule has 0 saturated heterocycles. The van der Waals surface area contributed by atoms with Crippen LogP contribution in [0.1, 0.15) is 5.56 Å². The van der Waals surface area contributed by atoms with Crippen LogP contribution in [0, 0.1) is 0 Å². The van der Waals surface area contributed by atoms with Crippen molar-refractivity contribution < 1.29 is 9.53 Å². The van der Waals surface area contributed by atoms with Crippen molar-refractivity contribution in [2.75, 3.05) is 6.54 Å². The average Bonchev–Trinajstić information content (AvgIpc) is 2.93. The standard InChI is InChI=1S/C14H14N2O2S/c17-14(18-9-11-4-2-1-3-5-11)16-7-6-12-13(8-16)19-10-15-12/h1-7,10,12-13H,8-9H2.